The number of aliphatic carboxylic acids is 1. The van der Waals surface area contributed by atoms with Crippen LogP contribution in [-0.4, -0.2) is 35.1 Å². The topological polar surface area (TPSA) is 69.6 Å². The highest BCUT2D eigenvalue weighted by molar-refractivity contribution is 7.08. The molecule has 1 aliphatic heterocycles. The van der Waals surface area contributed by atoms with E-state index in [-0.39, 0.29) is 17.9 Å². The van der Waals surface area contributed by atoms with Crippen LogP contribution in [0.5, 0.6) is 0 Å². The first kappa shape index (κ1) is 11.9. The fourth-order valence-electron chi connectivity index (χ4n) is 1.73. The molecule has 0 saturated carbocycles. The van der Waals surface area contributed by atoms with Crippen LogP contribution in [0, 0.1) is 11.8 Å². The highest BCUT2D eigenvalue weighted by Gasteiger charge is 2.37. The highest BCUT2D eigenvalue weighted by atomic mass is 32.1. The number of carboxylic acids is 1. The number of carbonyl (C=O) groups is 2. The maximum atomic E-state index is 11.7. The summed E-state index contributed by atoms with van der Waals surface area (Å²) in [5.41, 5.74) is 0.787. The van der Waals surface area contributed by atoms with E-state index in [0.29, 0.717) is 13.1 Å². The van der Waals surface area contributed by atoms with E-state index in [1.54, 1.807) is 11.8 Å². The largest absolute Gasteiger partial charge is 0.481 e. The molecule has 1 fully saturated rings. The third kappa shape index (κ3) is 2.58. The molecule has 0 radical (unpaired) electrons. The van der Waals surface area contributed by atoms with Crippen LogP contribution in [0.15, 0.2) is 16.8 Å². The van der Waals surface area contributed by atoms with Crippen LogP contribution in [-0.2, 0) is 4.79 Å². The standard InChI is InChI=1S/C11H14N2O3S/c1-7(10(14)15)8-4-13(5-8)11(16)12-9-2-3-17-6-9/h2-3,6-8H,4-5H2,1H3,(H,12,16)(H,14,15). The van der Waals surface area contributed by atoms with Crippen molar-refractivity contribution in [3.8, 4) is 0 Å². The lowest BCUT2D eigenvalue weighted by Crippen LogP contribution is -2.54. The zero-order valence-electron chi connectivity index (χ0n) is 9.42. The predicted molar refractivity (Wildman–Crippen MR) is 65.2 cm³/mol. The minimum atomic E-state index is -0.798. The van der Waals surface area contributed by atoms with Crippen molar-refractivity contribution in [2.24, 2.45) is 11.8 Å². The average Bonchev–Trinajstić information content (AvgIpc) is 2.67. The zero-order chi connectivity index (χ0) is 12.4. The van der Waals surface area contributed by atoms with Crippen molar-refractivity contribution in [2.75, 3.05) is 18.4 Å². The van der Waals surface area contributed by atoms with E-state index in [1.165, 1.54) is 11.3 Å². The summed E-state index contributed by atoms with van der Waals surface area (Å²) in [4.78, 5) is 24.1. The second-order valence-corrected chi connectivity index (χ2v) is 5.01. The molecule has 5 nitrogen and oxygen atoms in total. The number of carbonyl (C=O) groups excluding carboxylic acids is 1. The predicted octanol–water partition coefficient (Wildman–Crippen LogP) is 1.93. The van der Waals surface area contributed by atoms with Crippen LogP contribution in [0.1, 0.15) is 6.92 Å². The Kier molecular flexibility index (Phi) is 3.33. The van der Waals surface area contributed by atoms with Gasteiger partial charge in [0.1, 0.15) is 0 Å². The number of likely N-dealkylation sites (tertiary alicyclic amines) is 1. The molecule has 1 atom stereocenters. The first-order chi connectivity index (χ1) is 8.08. The van der Waals surface area contributed by atoms with Crippen LogP contribution in [0.3, 0.4) is 0 Å². The number of rotatable bonds is 3. The number of carboxylic acid groups (broad SMARTS) is 1. The van der Waals surface area contributed by atoms with Gasteiger partial charge >= 0.3 is 12.0 Å². The van der Waals surface area contributed by atoms with Crippen LogP contribution in [0.4, 0.5) is 10.5 Å². The fourth-order valence-corrected chi connectivity index (χ4v) is 2.32. The molecular weight excluding hydrogens is 240 g/mol. The van der Waals surface area contributed by atoms with Gasteiger partial charge < -0.3 is 15.3 Å². The summed E-state index contributed by atoms with van der Waals surface area (Å²) in [6, 6.07) is 1.68. The third-order valence-electron chi connectivity index (χ3n) is 3.07. The Morgan fingerprint density at radius 2 is 2.29 bits per heavy atom. The summed E-state index contributed by atoms with van der Waals surface area (Å²) >= 11 is 1.52. The summed E-state index contributed by atoms with van der Waals surface area (Å²) in [5, 5.41) is 15.3. The molecule has 2 rings (SSSR count). The number of hydrogen-bond acceptors (Lipinski definition) is 3. The van der Waals surface area contributed by atoms with Crippen molar-refractivity contribution in [1.29, 1.82) is 0 Å². The molecule has 2 heterocycles. The van der Waals surface area contributed by atoms with Crippen LogP contribution < -0.4 is 5.32 Å². The first-order valence-electron chi connectivity index (χ1n) is 5.39. The number of thiophene rings is 1. The Morgan fingerprint density at radius 1 is 1.59 bits per heavy atom. The molecule has 2 N–H and O–H groups in total. The molecular formula is C11H14N2O3S. The highest BCUT2D eigenvalue weighted by Crippen LogP contribution is 2.25. The van der Waals surface area contributed by atoms with E-state index in [9.17, 15) is 9.59 Å². The van der Waals surface area contributed by atoms with Gasteiger partial charge in [0.05, 0.1) is 11.6 Å². The van der Waals surface area contributed by atoms with Gasteiger partial charge in [0.25, 0.3) is 0 Å². The van der Waals surface area contributed by atoms with Crippen molar-refractivity contribution in [3.05, 3.63) is 16.8 Å². The maximum Gasteiger partial charge on any atom is 0.321 e. The Balaban J connectivity index is 1.80. The van der Waals surface area contributed by atoms with Gasteiger partial charge in [-0.15, -0.1) is 0 Å². The van der Waals surface area contributed by atoms with Gasteiger partial charge in [-0.3, -0.25) is 4.79 Å². The van der Waals surface area contributed by atoms with Crippen molar-refractivity contribution in [1.82, 2.24) is 4.90 Å². The molecule has 0 spiro atoms. The van der Waals surface area contributed by atoms with Gasteiger partial charge in [0.2, 0.25) is 0 Å². The quantitative estimate of drug-likeness (QED) is 0.866. The maximum absolute atomic E-state index is 11.7. The molecule has 17 heavy (non-hydrogen) atoms. The summed E-state index contributed by atoms with van der Waals surface area (Å²) < 4.78 is 0. The second-order valence-electron chi connectivity index (χ2n) is 4.23. The van der Waals surface area contributed by atoms with E-state index in [4.69, 9.17) is 5.11 Å². The molecule has 1 saturated heterocycles. The molecule has 6 heteroatoms. The van der Waals surface area contributed by atoms with Gasteiger partial charge in [-0.05, 0) is 11.4 Å². The normalized spacial score (nSPS) is 17.4. The minimum absolute atomic E-state index is 0.0701. The third-order valence-corrected chi connectivity index (χ3v) is 3.75. The molecule has 1 aromatic rings. The van der Waals surface area contributed by atoms with Gasteiger partial charge in [-0.25, -0.2) is 4.79 Å². The first-order valence-corrected chi connectivity index (χ1v) is 6.33. The van der Waals surface area contributed by atoms with E-state index < -0.39 is 5.97 Å². The van der Waals surface area contributed by atoms with E-state index >= 15 is 0 Å². The van der Waals surface area contributed by atoms with Gasteiger partial charge in [0.15, 0.2) is 0 Å². The van der Waals surface area contributed by atoms with Gasteiger partial charge in [-0.2, -0.15) is 11.3 Å². The molecule has 1 aromatic heterocycles. The van der Waals surface area contributed by atoms with E-state index in [0.717, 1.165) is 5.69 Å². The van der Waals surface area contributed by atoms with Gasteiger partial charge in [0, 0.05) is 24.4 Å². The lowest BCUT2D eigenvalue weighted by atomic mass is 9.87. The second kappa shape index (κ2) is 4.75. The van der Waals surface area contributed by atoms with Crippen molar-refractivity contribution in [2.45, 2.75) is 6.92 Å². The van der Waals surface area contributed by atoms with Crippen LogP contribution in [0.25, 0.3) is 0 Å². The summed E-state index contributed by atoms with van der Waals surface area (Å²) in [6.45, 7) is 2.72. The van der Waals surface area contributed by atoms with E-state index in [1.807, 2.05) is 16.8 Å². The minimum Gasteiger partial charge on any atom is -0.481 e. The zero-order valence-corrected chi connectivity index (χ0v) is 10.2. The summed E-state index contributed by atoms with van der Waals surface area (Å²) in [6.07, 6.45) is 0. The molecule has 1 aliphatic rings. The summed E-state index contributed by atoms with van der Waals surface area (Å²) in [5.74, 6) is -1.12. The Labute approximate surface area is 103 Å². The van der Waals surface area contributed by atoms with E-state index in [2.05, 4.69) is 5.32 Å². The lowest BCUT2D eigenvalue weighted by molar-refractivity contribution is -0.144. The number of hydrogen-bond donors (Lipinski definition) is 2. The van der Waals surface area contributed by atoms with Crippen molar-refractivity contribution < 1.29 is 14.7 Å². The number of nitrogens with zero attached hydrogens (tertiary/aromatic N) is 1. The lowest BCUT2D eigenvalue weighted by Gasteiger charge is -2.40. The molecule has 1 unspecified atom stereocenters. The average molecular weight is 254 g/mol. The molecule has 0 aromatic carbocycles. The number of anilines is 1. The van der Waals surface area contributed by atoms with Crippen molar-refractivity contribution in [3.63, 3.8) is 0 Å². The Morgan fingerprint density at radius 3 is 2.82 bits per heavy atom. The monoisotopic (exact) mass is 254 g/mol. The Bertz CT molecular complexity index is 412. The molecule has 2 amide bonds. The number of nitrogens with one attached hydrogen (secondary N) is 1. The smallest absolute Gasteiger partial charge is 0.321 e. The molecule has 92 valence electrons. The number of amides is 2. The van der Waals surface area contributed by atoms with Gasteiger partial charge in [-0.1, -0.05) is 6.92 Å². The van der Waals surface area contributed by atoms with Crippen LogP contribution in [0.2, 0.25) is 0 Å². The summed E-state index contributed by atoms with van der Waals surface area (Å²) in [7, 11) is 0. The molecule has 0 aliphatic carbocycles. The fraction of sp³-hybridized carbons (Fsp3) is 0.455. The Hall–Kier alpha value is -1.56. The number of urea groups is 1. The molecule has 0 bridgehead atoms. The SMILES string of the molecule is CC(C(=O)O)C1CN(C(=O)Nc2ccsc2)C1. The van der Waals surface area contributed by atoms with Crippen LogP contribution >= 0.6 is 11.3 Å². The van der Waals surface area contributed by atoms with Crippen molar-refractivity contribution >= 4 is 29.0 Å².